The van der Waals surface area contributed by atoms with Gasteiger partial charge in [-0.1, -0.05) is 18.2 Å². The zero-order chi connectivity index (χ0) is 20.1. The zero-order valence-electron chi connectivity index (χ0n) is 16.2. The van der Waals surface area contributed by atoms with Crippen molar-refractivity contribution in [1.29, 1.82) is 0 Å². The molecule has 28 heavy (non-hydrogen) atoms. The largest absolute Gasteiger partial charge is 0.497 e. The molecule has 1 N–H and O–H groups in total. The lowest BCUT2D eigenvalue weighted by Crippen LogP contribution is -2.35. The minimum absolute atomic E-state index is 0.00818. The Morgan fingerprint density at radius 2 is 1.57 bits per heavy atom. The van der Waals surface area contributed by atoms with Gasteiger partial charge in [0.25, 0.3) is 5.91 Å². The molecule has 144 valence electrons. The first-order chi connectivity index (χ1) is 13.5. The number of hydrogen-bond acceptors (Lipinski definition) is 4. The van der Waals surface area contributed by atoms with Crippen LogP contribution in [0.15, 0.2) is 60.7 Å². The fourth-order valence-electron chi connectivity index (χ4n) is 2.87. The molecule has 0 fully saturated rings. The maximum Gasteiger partial charge on any atom is 0.261 e. The lowest BCUT2D eigenvalue weighted by atomic mass is 10.1. The third kappa shape index (κ3) is 4.68. The summed E-state index contributed by atoms with van der Waals surface area (Å²) in [5, 5.41) is 5.06. The average Bonchev–Trinajstić information content (AvgIpc) is 2.71. The van der Waals surface area contributed by atoms with Crippen molar-refractivity contribution in [3.05, 3.63) is 71.8 Å². The van der Waals surface area contributed by atoms with Crippen LogP contribution < -0.4 is 14.8 Å². The molecule has 3 aromatic rings. The summed E-state index contributed by atoms with van der Waals surface area (Å²) < 4.78 is 10.9. The first kappa shape index (κ1) is 19.4. The van der Waals surface area contributed by atoms with Crippen molar-refractivity contribution >= 4 is 22.5 Å². The molecule has 3 aromatic carbocycles. The van der Waals surface area contributed by atoms with Gasteiger partial charge in [-0.05, 0) is 72.6 Å². The number of nitrogens with one attached hydrogen (secondary N) is 1. The highest BCUT2D eigenvalue weighted by Crippen LogP contribution is 2.22. The number of hydrogen-bond donors (Lipinski definition) is 1. The Morgan fingerprint density at radius 1 is 0.929 bits per heavy atom. The van der Waals surface area contributed by atoms with Crippen molar-refractivity contribution in [2.45, 2.75) is 26.5 Å². The third-order valence-electron chi connectivity index (χ3n) is 4.52. The zero-order valence-corrected chi connectivity index (χ0v) is 16.2. The molecule has 0 spiro atoms. The van der Waals surface area contributed by atoms with E-state index in [2.05, 4.69) is 5.32 Å². The van der Waals surface area contributed by atoms with Gasteiger partial charge in [0.05, 0.1) is 7.11 Å². The van der Waals surface area contributed by atoms with E-state index in [4.69, 9.17) is 9.47 Å². The smallest absolute Gasteiger partial charge is 0.261 e. The standard InChI is InChI=1S/C23H23NO4/c1-15(25)18-6-9-21(10-7-18)28-16(2)23(26)24-14-17-4-5-20-13-22(27-3)11-8-19(20)12-17/h4-13,16H,14H2,1-3H3,(H,24,26)/t16-/m1/s1. The lowest BCUT2D eigenvalue weighted by Gasteiger charge is -2.15. The number of methoxy groups -OCH3 is 1. The van der Waals surface area contributed by atoms with Gasteiger partial charge in [0.15, 0.2) is 11.9 Å². The fraction of sp³-hybridized carbons (Fsp3) is 0.217. The predicted octanol–water partition coefficient (Wildman–Crippen LogP) is 4.13. The van der Waals surface area contributed by atoms with E-state index in [1.54, 1.807) is 38.3 Å². The van der Waals surface area contributed by atoms with Crippen molar-refractivity contribution < 1.29 is 19.1 Å². The van der Waals surface area contributed by atoms with E-state index < -0.39 is 6.10 Å². The van der Waals surface area contributed by atoms with Crippen molar-refractivity contribution in [2.75, 3.05) is 7.11 Å². The number of ketones is 1. The topological polar surface area (TPSA) is 64.6 Å². The average molecular weight is 377 g/mol. The van der Waals surface area contributed by atoms with Crippen molar-refractivity contribution in [2.24, 2.45) is 0 Å². The number of Topliss-reactive ketones (excluding diaryl/α,β-unsaturated/α-hetero) is 1. The van der Waals surface area contributed by atoms with Gasteiger partial charge in [-0.3, -0.25) is 9.59 Å². The maximum atomic E-state index is 12.3. The van der Waals surface area contributed by atoms with Gasteiger partial charge in [-0.15, -0.1) is 0 Å². The van der Waals surface area contributed by atoms with Crippen LogP contribution >= 0.6 is 0 Å². The molecule has 1 amide bonds. The van der Waals surface area contributed by atoms with E-state index in [1.165, 1.54) is 6.92 Å². The Hall–Kier alpha value is -3.34. The highest BCUT2D eigenvalue weighted by Gasteiger charge is 2.14. The Labute approximate surface area is 164 Å². The molecule has 0 heterocycles. The van der Waals surface area contributed by atoms with Crippen LogP contribution in [0, 0.1) is 0 Å². The Kier molecular flexibility index (Phi) is 5.94. The second-order valence-corrected chi connectivity index (χ2v) is 6.61. The third-order valence-corrected chi connectivity index (χ3v) is 4.52. The molecule has 0 unspecified atom stereocenters. The quantitative estimate of drug-likeness (QED) is 0.629. The van der Waals surface area contributed by atoms with Crippen molar-refractivity contribution in [3.63, 3.8) is 0 Å². The molecular weight excluding hydrogens is 354 g/mol. The Balaban J connectivity index is 1.58. The number of carbonyl (C=O) groups excluding carboxylic acids is 2. The van der Waals surface area contributed by atoms with Crippen LogP contribution in [-0.2, 0) is 11.3 Å². The summed E-state index contributed by atoms with van der Waals surface area (Å²) in [6.45, 7) is 3.62. The summed E-state index contributed by atoms with van der Waals surface area (Å²) in [6.07, 6.45) is -0.645. The van der Waals surface area contributed by atoms with E-state index in [9.17, 15) is 9.59 Å². The van der Waals surface area contributed by atoms with Crippen LogP contribution in [0.3, 0.4) is 0 Å². The number of fused-ring (bicyclic) bond motifs is 1. The Bertz CT molecular complexity index is 995. The molecular formula is C23H23NO4. The normalized spacial score (nSPS) is 11.7. The number of ether oxygens (including phenoxy) is 2. The maximum absolute atomic E-state index is 12.3. The molecule has 0 saturated heterocycles. The van der Waals surface area contributed by atoms with Crippen molar-refractivity contribution in [1.82, 2.24) is 5.32 Å². The summed E-state index contributed by atoms with van der Waals surface area (Å²) in [6, 6.07) is 18.7. The predicted molar refractivity (Wildman–Crippen MR) is 109 cm³/mol. The summed E-state index contributed by atoms with van der Waals surface area (Å²) >= 11 is 0. The second kappa shape index (κ2) is 8.57. The van der Waals surface area contributed by atoms with Gasteiger partial charge < -0.3 is 14.8 Å². The van der Waals surface area contributed by atoms with Gasteiger partial charge in [0.1, 0.15) is 11.5 Å². The van der Waals surface area contributed by atoms with Crippen LogP contribution in [0.5, 0.6) is 11.5 Å². The van der Waals surface area contributed by atoms with E-state index in [0.29, 0.717) is 17.9 Å². The first-order valence-corrected chi connectivity index (χ1v) is 9.08. The minimum Gasteiger partial charge on any atom is -0.497 e. The summed E-state index contributed by atoms with van der Waals surface area (Å²) in [4.78, 5) is 23.6. The SMILES string of the molecule is COc1ccc2cc(CNC(=O)[C@@H](C)Oc3ccc(C(C)=O)cc3)ccc2c1. The molecule has 0 radical (unpaired) electrons. The molecule has 5 nitrogen and oxygen atoms in total. The van der Waals surface area contributed by atoms with Crippen molar-refractivity contribution in [3.8, 4) is 11.5 Å². The highest BCUT2D eigenvalue weighted by molar-refractivity contribution is 5.94. The number of carbonyl (C=O) groups is 2. The van der Waals surface area contributed by atoms with Crippen LogP contribution in [0.1, 0.15) is 29.8 Å². The van der Waals surface area contributed by atoms with Crippen LogP contribution in [0.4, 0.5) is 0 Å². The molecule has 0 aromatic heterocycles. The molecule has 0 aliphatic rings. The molecule has 0 aliphatic heterocycles. The van der Waals surface area contributed by atoms with Crippen LogP contribution in [-0.4, -0.2) is 24.9 Å². The molecule has 5 heteroatoms. The summed E-state index contributed by atoms with van der Waals surface area (Å²) in [7, 11) is 1.64. The Morgan fingerprint density at radius 3 is 2.25 bits per heavy atom. The summed E-state index contributed by atoms with van der Waals surface area (Å²) in [5.41, 5.74) is 1.61. The lowest BCUT2D eigenvalue weighted by molar-refractivity contribution is -0.127. The summed E-state index contributed by atoms with van der Waals surface area (Å²) in [5.74, 6) is 1.15. The molecule has 0 saturated carbocycles. The van der Waals surface area contributed by atoms with Crippen LogP contribution in [0.25, 0.3) is 10.8 Å². The molecule has 0 bridgehead atoms. The molecule has 0 aliphatic carbocycles. The first-order valence-electron chi connectivity index (χ1n) is 9.08. The number of benzene rings is 3. The second-order valence-electron chi connectivity index (χ2n) is 6.61. The molecule has 3 rings (SSSR count). The van der Waals surface area contributed by atoms with Crippen LogP contribution in [0.2, 0.25) is 0 Å². The van der Waals surface area contributed by atoms with E-state index in [-0.39, 0.29) is 11.7 Å². The monoisotopic (exact) mass is 377 g/mol. The van der Waals surface area contributed by atoms with E-state index in [1.807, 2.05) is 36.4 Å². The van der Waals surface area contributed by atoms with Gasteiger partial charge in [-0.2, -0.15) is 0 Å². The highest BCUT2D eigenvalue weighted by atomic mass is 16.5. The van der Waals surface area contributed by atoms with Gasteiger partial charge in [0, 0.05) is 12.1 Å². The van der Waals surface area contributed by atoms with Gasteiger partial charge >= 0.3 is 0 Å². The minimum atomic E-state index is -0.645. The van der Waals surface area contributed by atoms with E-state index >= 15 is 0 Å². The fourth-order valence-corrected chi connectivity index (χ4v) is 2.87. The van der Waals surface area contributed by atoms with E-state index in [0.717, 1.165) is 22.1 Å². The number of rotatable bonds is 7. The van der Waals surface area contributed by atoms with Gasteiger partial charge in [0.2, 0.25) is 0 Å². The molecule has 1 atom stereocenters. The van der Waals surface area contributed by atoms with Gasteiger partial charge in [-0.25, -0.2) is 0 Å². The number of amides is 1.